The standard InChI is InChI=1S/C29H33Cl2N3O5/c30-23-6-7-25-22(16-23)11-12-34(25)32(17-19-1-4-21(5-2-19)29(37)38)18-20-3-8-26(24(31)15-20)39-14-13-33-27(35)9-10-28(33)36/h3,6-8,15-16,19,21H,1-2,4-5,9-14,17-18H2,(H,37,38). The van der Waals surface area contributed by atoms with Crippen molar-refractivity contribution in [1.29, 1.82) is 0 Å². The molecule has 1 N–H and O–H groups in total. The van der Waals surface area contributed by atoms with Crippen molar-refractivity contribution in [1.82, 2.24) is 9.91 Å². The van der Waals surface area contributed by atoms with E-state index in [9.17, 15) is 19.5 Å². The second-order valence-corrected chi connectivity index (χ2v) is 11.4. The lowest BCUT2D eigenvalue weighted by Gasteiger charge is -2.38. The van der Waals surface area contributed by atoms with Crippen LogP contribution in [-0.4, -0.2) is 59.0 Å². The zero-order chi connectivity index (χ0) is 27.5. The Morgan fingerprint density at radius 3 is 2.44 bits per heavy atom. The van der Waals surface area contributed by atoms with Gasteiger partial charge in [-0.1, -0.05) is 29.3 Å². The van der Waals surface area contributed by atoms with E-state index in [2.05, 4.69) is 16.1 Å². The number of aliphatic carboxylic acids is 1. The Morgan fingerprint density at radius 1 is 1.00 bits per heavy atom. The molecule has 0 bridgehead atoms. The molecule has 2 aromatic carbocycles. The first-order valence-electron chi connectivity index (χ1n) is 13.6. The van der Waals surface area contributed by atoms with E-state index in [4.69, 9.17) is 27.9 Å². The molecule has 10 heteroatoms. The van der Waals surface area contributed by atoms with Crippen molar-refractivity contribution >= 4 is 46.7 Å². The number of halogens is 2. The first-order valence-corrected chi connectivity index (χ1v) is 14.3. The molecule has 1 saturated heterocycles. The molecule has 0 radical (unpaired) electrons. The molecule has 2 fully saturated rings. The molecular formula is C29H33Cl2N3O5. The number of carbonyl (C=O) groups is 3. The van der Waals surface area contributed by atoms with Crippen LogP contribution in [0.2, 0.25) is 10.0 Å². The number of hydrazine groups is 1. The third-order valence-electron chi connectivity index (χ3n) is 8.01. The number of rotatable bonds is 10. The molecule has 8 nitrogen and oxygen atoms in total. The average Bonchev–Trinajstić information content (AvgIpc) is 3.47. The Morgan fingerprint density at radius 2 is 1.74 bits per heavy atom. The highest BCUT2D eigenvalue weighted by Crippen LogP contribution is 2.36. The van der Waals surface area contributed by atoms with Crippen molar-refractivity contribution in [2.75, 3.05) is 31.3 Å². The molecule has 0 aromatic heterocycles. The molecule has 2 aliphatic heterocycles. The van der Waals surface area contributed by atoms with Crippen molar-refractivity contribution in [2.24, 2.45) is 11.8 Å². The summed E-state index contributed by atoms with van der Waals surface area (Å²) in [4.78, 5) is 36.3. The molecule has 1 saturated carbocycles. The van der Waals surface area contributed by atoms with E-state index in [1.54, 1.807) is 0 Å². The van der Waals surface area contributed by atoms with Gasteiger partial charge in [-0.25, -0.2) is 5.01 Å². The first kappa shape index (κ1) is 27.7. The summed E-state index contributed by atoms with van der Waals surface area (Å²) in [6, 6.07) is 11.7. The van der Waals surface area contributed by atoms with Crippen LogP contribution in [0.15, 0.2) is 36.4 Å². The molecule has 5 rings (SSSR count). The van der Waals surface area contributed by atoms with Crippen molar-refractivity contribution in [3.63, 3.8) is 0 Å². The highest BCUT2D eigenvalue weighted by atomic mass is 35.5. The molecule has 3 aliphatic rings. The minimum absolute atomic E-state index is 0.160. The largest absolute Gasteiger partial charge is 0.490 e. The zero-order valence-electron chi connectivity index (χ0n) is 21.8. The number of benzene rings is 2. The van der Waals surface area contributed by atoms with Gasteiger partial charge < -0.3 is 14.9 Å². The first-order chi connectivity index (χ1) is 18.8. The van der Waals surface area contributed by atoms with Gasteiger partial charge >= 0.3 is 5.97 Å². The van der Waals surface area contributed by atoms with Gasteiger partial charge in [-0.05, 0) is 79.5 Å². The number of carbonyl (C=O) groups excluding carboxylic acids is 2. The predicted molar refractivity (Wildman–Crippen MR) is 149 cm³/mol. The maximum Gasteiger partial charge on any atom is 0.306 e. The molecule has 0 spiro atoms. The molecular weight excluding hydrogens is 541 g/mol. The van der Waals surface area contributed by atoms with Crippen LogP contribution in [0.1, 0.15) is 49.7 Å². The maximum atomic E-state index is 11.8. The third kappa shape index (κ3) is 6.51. The number of anilines is 1. The van der Waals surface area contributed by atoms with Crippen molar-refractivity contribution in [2.45, 2.75) is 51.5 Å². The van der Waals surface area contributed by atoms with Gasteiger partial charge in [0.25, 0.3) is 0 Å². The van der Waals surface area contributed by atoms with Crippen LogP contribution < -0.4 is 9.75 Å². The Hall–Kier alpha value is -2.81. The number of fused-ring (bicyclic) bond motifs is 1. The summed E-state index contributed by atoms with van der Waals surface area (Å²) in [7, 11) is 0. The topological polar surface area (TPSA) is 90.4 Å². The monoisotopic (exact) mass is 573 g/mol. The number of amides is 2. The number of imide groups is 1. The molecule has 208 valence electrons. The number of hydrogen-bond donors (Lipinski definition) is 1. The van der Waals surface area contributed by atoms with Gasteiger partial charge in [0, 0.05) is 37.5 Å². The van der Waals surface area contributed by atoms with Crippen LogP contribution in [0.5, 0.6) is 5.75 Å². The number of likely N-dealkylation sites (tertiary alicyclic amines) is 1. The van der Waals surface area contributed by atoms with Crippen LogP contribution in [-0.2, 0) is 27.3 Å². The second kappa shape index (κ2) is 12.1. The van der Waals surface area contributed by atoms with Gasteiger partial charge in [0.1, 0.15) is 12.4 Å². The second-order valence-electron chi connectivity index (χ2n) is 10.6. The molecule has 2 aromatic rings. The summed E-state index contributed by atoms with van der Waals surface area (Å²) < 4.78 is 5.80. The maximum absolute atomic E-state index is 11.8. The molecule has 2 heterocycles. The van der Waals surface area contributed by atoms with Gasteiger partial charge in [0.2, 0.25) is 11.8 Å². The van der Waals surface area contributed by atoms with Gasteiger partial charge in [-0.15, -0.1) is 0 Å². The van der Waals surface area contributed by atoms with Crippen molar-refractivity contribution in [3.8, 4) is 5.75 Å². The van der Waals surface area contributed by atoms with Gasteiger partial charge in [0.15, 0.2) is 0 Å². The highest BCUT2D eigenvalue weighted by Gasteiger charge is 2.31. The number of hydrogen-bond acceptors (Lipinski definition) is 6. The lowest BCUT2D eigenvalue weighted by atomic mass is 9.82. The summed E-state index contributed by atoms with van der Waals surface area (Å²) in [5.74, 6) is -0.325. The van der Waals surface area contributed by atoms with Gasteiger partial charge in [-0.3, -0.25) is 19.3 Å². The Bertz CT molecular complexity index is 1230. The number of ether oxygens (including phenoxy) is 1. The quantitative estimate of drug-likeness (QED) is 0.391. The Kier molecular flexibility index (Phi) is 8.64. The number of carboxylic acids is 1. The van der Waals surface area contributed by atoms with Crippen LogP contribution >= 0.6 is 23.2 Å². The lowest BCUT2D eigenvalue weighted by Crippen LogP contribution is -2.44. The van der Waals surface area contributed by atoms with E-state index in [1.165, 1.54) is 10.5 Å². The van der Waals surface area contributed by atoms with Crippen LogP contribution in [0.3, 0.4) is 0 Å². The minimum atomic E-state index is -0.689. The highest BCUT2D eigenvalue weighted by molar-refractivity contribution is 6.32. The predicted octanol–water partition coefficient (Wildman–Crippen LogP) is 5.19. The van der Waals surface area contributed by atoms with Crippen LogP contribution in [0.25, 0.3) is 0 Å². The molecule has 39 heavy (non-hydrogen) atoms. The molecule has 2 amide bonds. The molecule has 0 unspecified atom stereocenters. The van der Waals surface area contributed by atoms with Crippen molar-refractivity contribution < 1.29 is 24.2 Å². The van der Waals surface area contributed by atoms with Gasteiger partial charge in [-0.2, -0.15) is 0 Å². The lowest BCUT2D eigenvalue weighted by molar-refractivity contribution is -0.143. The van der Waals surface area contributed by atoms with E-state index < -0.39 is 5.97 Å². The van der Waals surface area contributed by atoms with E-state index in [0.717, 1.165) is 48.6 Å². The number of carboxylic acid groups (broad SMARTS) is 1. The average molecular weight is 575 g/mol. The summed E-state index contributed by atoms with van der Waals surface area (Å²) in [6.07, 6.45) is 4.65. The summed E-state index contributed by atoms with van der Waals surface area (Å²) in [5.41, 5.74) is 3.40. The molecule has 0 atom stereocenters. The summed E-state index contributed by atoms with van der Waals surface area (Å²) in [6.45, 7) is 2.71. The Balaban J connectivity index is 1.27. The van der Waals surface area contributed by atoms with Crippen LogP contribution in [0.4, 0.5) is 5.69 Å². The van der Waals surface area contributed by atoms with E-state index in [-0.39, 0.29) is 43.7 Å². The minimum Gasteiger partial charge on any atom is -0.490 e. The smallest absolute Gasteiger partial charge is 0.306 e. The molecule has 1 aliphatic carbocycles. The van der Waals surface area contributed by atoms with E-state index in [0.29, 0.717) is 36.1 Å². The van der Waals surface area contributed by atoms with Gasteiger partial charge in [0.05, 0.1) is 23.2 Å². The number of nitrogens with zero attached hydrogens (tertiary/aromatic N) is 3. The normalized spacial score (nSPS) is 21.1. The summed E-state index contributed by atoms with van der Waals surface area (Å²) in [5, 5.41) is 15.3. The fraction of sp³-hybridized carbons (Fsp3) is 0.483. The third-order valence-corrected chi connectivity index (χ3v) is 8.54. The van der Waals surface area contributed by atoms with E-state index in [1.807, 2.05) is 30.3 Å². The zero-order valence-corrected chi connectivity index (χ0v) is 23.3. The van der Waals surface area contributed by atoms with Crippen molar-refractivity contribution in [3.05, 3.63) is 57.6 Å². The van der Waals surface area contributed by atoms with E-state index >= 15 is 0 Å². The fourth-order valence-electron chi connectivity index (χ4n) is 5.87. The van der Waals surface area contributed by atoms with Crippen LogP contribution in [0, 0.1) is 11.8 Å². The Labute approximate surface area is 238 Å². The summed E-state index contributed by atoms with van der Waals surface area (Å²) >= 11 is 12.8. The fourth-order valence-corrected chi connectivity index (χ4v) is 6.33. The SMILES string of the molecule is O=C(O)C1CCC(CN(Cc2ccc(OCCN3C(=O)CCC3=O)c(Cl)c2)N2CCc3cc(Cl)ccc32)CC1.